The molecule has 1 saturated carbocycles. The smallest absolute Gasteiger partial charge is 0.233 e. The highest BCUT2D eigenvalue weighted by Crippen LogP contribution is 2.38. The van der Waals surface area contributed by atoms with Crippen molar-refractivity contribution >= 4 is 0 Å². The van der Waals surface area contributed by atoms with E-state index in [-0.39, 0.29) is 17.7 Å². The first-order valence-corrected chi connectivity index (χ1v) is 10.2. The number of nitrogens with zero attached hydrogens (tertiary/aromatic N) is 5. The number of piperidine rings is 2. The van der Waals surface area contributed by atoms with Crippen molar-refractivity contribution in [3.8, 4) is 28.6 Å². The van der Waals surface area contributed by atoms with Crippen LogP contribution in [0.3, 0.4) is 0 Å². The van der Waals surface area contributed by atoms with Gasteiger partial charge in [-0.25, -0.2) is 9.37 Å². The number of alkyl halides is 1. The van der Waals surface area contributed by atoms with Crippen LogP contribution in [0.2, 0.25) is 0 Å². The van der Waals surface area contributed by atoms with E-state index in [1.807, 2.05) is 30.8 Å². The Balaban J connectivity index is 1.33. The molecule has 2 aliphatic heterocycles. The molecule has 3 fully saturated rings. The number of aromatic nitrogens is 4. The number of hydrogen-bond donors (Lipinski definition) is 1. The molecule has 0 radical (unpaired) electrons. The van der Waals surface area contributed by atoms with E-state index in [1.54, 1.807) is 30.6 Å². The summed E-state index contributed by atoms with van der Waals surface area (Å²) >= 11 is 0. The van der Waals surface area contributed by atoms with Crippen LogP contribution in [-0.4, -0.2) is 61.7 Å². The number of halogens is 1. The van der Waals surface area contributed by atoms with Crippen LogP contribution >= 0.6 is 0 Å². The topological polar surface area (TPSA) is 76.3 Å². The molecular formula is C22H24FN5O2. The monoisotopic (exact) mass is 409 g/mol. The maximum Gasteiger partial charge on any atom is 0.233 e. The van der Waals surface area contributed by atoms with Crippen molar-refractivity contribution in [3.05, 3.63) is 48.5 Å². The lowest BCUT2D eigenvalue weighted by Crippen LogP contribution is -2.61. The van der Waals surface area contributed by atoms with Crippen LogP contribution in [0.1, 0.15) is 18.5 Å². The molecular weight excluding hydrogens is 385 g/mol. The fourth-order valence-corrected chi connectivity index (χ4v) is 4.64. The molecule has 8 heteroatoms. The summed E-state index contributed by atoms with van der Waals surface area (Å²) in [7, 11) is 1.97. The SMILES string of the molecule is Cc1cn(-c2ccc(-c3ccc(O[C@@H]4[C@H]5CC[C@H]([C@@H]4F)N(C)C5)nn3)c(O)c2)cn1. The molecule has 6 rings (SSSR count). The quantitative estimate of drug-likeness (QED) is 0.713. The van der Waals surface area contributed by atoms with Gasteiger partial charge in [-0.05, 0) is 45.0 Å². The van der Waals surface area contributed by atoms with Crippen molar-refractivity contribution in [2.45, 2.75) is 38.1 Å². The van der Waals surface area contributed by atoms with Gasteiger partial charge in [0.05, 0.1) is 23.4 Å². The van der Waals surface area contributed by atoms with Crippen molar-refractivity contribution < 1.29 is 14.2 Å². The van der Waals surface area contributed by atoms with Crippen molar-refractivity contribution in [2.75, 3.05) is 13.6 Å². The predicted octanol–water partition coefficient (Wildman–Crippen LogP) is 3.15. The third kappa shape index (κ3) is 3.31. The number of aromatic hydroxyl groups is 1. The number of aryl methyl sites for hydroxylation is 1. The first-order chi connectivity index (χ1) is 14.5. The zero-order chi connectivity index (χ0) is 20.8. The number of imidazole rings is 1. The largest absolute Gasteiger partial charge is 0.507 e. The Kier molecular flexibility index (Phi) is 4.66. The molecule has 2 bridgehead atoms. The van der Waals surface area contributed by atoms with Gasteiger partial charge in [0.2, 0.25) is 5.88 Å². The normalized spacial score (nSPS) is 26.1. The number of fused-ring (bicyclic) bond motifs is 3. The second kappa shape index (κ2) is 7.36. The minimum Gasteiger partial charge on any atom is -0.507 e. The van der Waals surface area contributed by atoms with Gasteiger partial charge in [0.15, 0.2) is 6.17 Å². The first kappa shape index (κ1) is 19.0. The average molecular weight is 409 g/mol. The van der Waals surface area contributed by atoms with Gasteiger partial charge < -0.3 is 14.4 Å². The molecule has 0 spiro atoms. The van der Waals surface area contributed by atoms with E-state index >= 15 is 0 Å². The van der Waals surface area contributed by atoms with Crippen LogP contribution in [0.15, 0.2) is 42.9 Å². The fraction of sp³-hybridized carbons (Fsp3) is 0.409. The molecule has 7 nitrogen and oxygen atoms in total. The summed E-state index contributed by atoms with van der Waals surface area (Å²) in [6, 6.07) is 8.67. The maximum absolute atomic E-state index is 14.8. The van der Waals surface area contributed by atoms with Gasteiger partial charge in [-0.15, -0.1) is 10.2 Å². The molecule has 0 unspecified atom stereocenters. The molecule has 1 aliphatic carbocycles. The lowest BCUT2D eigenvalue weighted by atomic mass is 9.76. The summed E-state index contributed by atoms with van der Waals surface area (Å²) in [6.07, 6.45) is 3.93. The van der Waals surface area contributed by atoms with Crippen molar-refractivity contribution in [1.82, 2.24) is 24.6 Å². The standard InChI is InChI=1S/C22H24FN5O2/c1-13-10-28(12-24-13)15-4-5-16(19(29)9-15)17-6-8-20(26-25-17)30-22-14-3-7-18(21(22)23)27(2)11-14/h4-6,8-10,12,14,18,21-22,29H,3,7,11H2,1-2H3/t14-,18+,21-,22+/m0/s1. The molecule has 156 valence electrons. The summed E-state index contributed by atoms with van der Waals surface area (Å²) in [5, 5.41) is 18.8. The first-order valence-electron chi connectivity index (χ1n) is 10.2. The second-order valence-electron chi connectivity index (χ2n) is 8.25. The predicted molar refractivity (Wildman–Crippen MR) is 109 cm³/mol. The third-order valence-electron chi connectivity index (χ3n) is 6.23. The van der Waals surface area contributed by atoms with Gasteiger partial charge in [0, 0.05) is 42.4 Å². The second-order valence-corrected chi connectivity index (χ2v) is 8.25. The third-order valence-corrected chi connectivity index (χ3v) is 6.23. The summed E-state index contributed by atoms with van der Waals surface area (Å²) < 4.78 is 22.5. The molecule has 4 heterocycles. The van der Waals surface area contributed by atoms with Crippen molar-refractivity contribution in [1.29, 1.82) is 0 Å². The fourth-order valence-electron chi connectivity index (χ4n) is 4.64. The van der Waals surface area contributed by atoms with Gasteiger partial charge in [-0.1, -0.05) is 0 Å². The Morgan fingerprint density at radius 3 is 2.67 bits per heavy atom. The number of ether oxygens (including phenoxy) is 1. The van der Waals surface area contributed by atoms with E-state index in [9.17, 15) is 9.50 Å². The van der Waals surface area contributed by atoms with E-state index in [0.29, 0.717) is 17.1 Å². The van der Waals surface area contributed by atoms with Gasteiger partial charge in [-0.2, -0.15) is 0 Å². The Morgan fingerprint density at radius 2 is 2.03 bits per heavy atom. The van der Waals surface area contributed by atoms with Gasteiger partial charge in [0.25, 0.3) is 0 Å². The minimum atomic E-state index is -1.02. The van der Waals surface area contributed by atoms with Gasteiger partial charge in [-0.3, -0.25) is 4.90 Å². The molecule has 30 heavy (non-hydrogen) atoms. The highest BCUT2D eigenvalue weighted by atomic mass is 19.1. The molecule has 1 aromatic carbocycles. The van der Waals surface area contributed by atoms with E-state index in [0.717, 1.165) is 30.8 Å². The number of benzene rings is 1. The number of hydrogen-bond acceptors (Lipinski definition) is 6. The zero-order valence-corrected chi connectivity index (χ0v) is 16.9. The Hall–Kier alpha value is -3.00. The molecule has 3 aromatic rings. The van der Waals surface area contributed by atoms with Crippen molar-refractivity contribution in [2.24, 2.45) is 5.92 Å². The van der Waals surface area contributed by atoms with Gasteiger partial charge >= 0.3 is 0 Å². The highest BCUT2D eigenvalue weighted by molar-refractivity contribution is 5.68. The van der Waals surface area contributed by atoms with Gasteiger partial charge in [0.1, 0.15) is 11.9 Å². The van der Waals surface area contributed by atoms with Crippen LogP contribution in [0.5, 0.6) is 11.6 Å². The Labute approximate surface area is 174 Å². The summed E-state index contributed by atoms with van der Waals surface area (Å²) in [6.45, 7) is 2.75. The minimum absolute atomic E-state index is 0.0815. The van der Waals surface area contributed by atoms with E-state index in [1.165, 1.54) is 0 Å². The van der Waals surface area contributed by atoms with Crippen LogP contribution < -0.4 is 4.74 Å². The zero-order valence-electron chi connectivity index (χ0n) is 16.9. The van der Waals surface area contributed by atoms with Crippen molar-refractivity contribution in [3.63, 3.8) is 0 Å². The van der Waals surface area contributed by atoms with E-state index in [2.05, 4.69) is 20.1 Å². The Morgan fingerprint density at radius 1 is 1.17 bits per heavy atom. The summed E-state index contributed by atoms with van der Waals surface area (Å²) in [4.78, 5) is 6.29. The summed E-state index contributed by atoms with van der Waals surface area (Å²) in [5.74, 6) is 0.574. The number of phenols is 1. The molecule has 3 aliphatic rings. The molecule has 1 N–H and O–H groups in total. The molecule has 4 atom stereocenters. The van der Waals surface area contributed by atoms with Crippen LogP contribution in [0.25, 0.3) is 16.9 Å². The lowest BCUT2D eigenvalue weighted by molar-refractivity contribution is -0.0891. The van der Waals surface area contributed by atoms with E-state index < -0.39 is 12.3 Å². The molecule has 2 saturated heterocycles. The molecule has 0 amide bonds. The van der Waals surface area contributed by atoms with Crippen LogP contribution in [-0.2, 0) is 0 Å². The number of phenolic OH excluding ortho intramolecular Hbond substituents is 1. The maximum atomic E-state index is 14.8. The summed E-state index contributed by atoms with van der Waals surface area (Å²) in [5.41, 5.74) is 2.79. The van der Waals surface area contributed by atoms with Crippen LogP contribution in [0.4, 0.5) is 4.39 Å². The van der Waals surface area contributed by atoms with Crippen LogP contribution in [0, 0.1) is 12.8 Å². The highest BCUT2D eigenvalue weighted by Gasteiger charge is 2.48. The van der Waals surface area contributed by atoms with E-state index in [4.69, 9.17) is 4.74 Å². The lowest BCUT2D eigenvalue weighted by Gasteiger charge is -2.49. The average Bonchev–Trinajstić information content (AvgIpc) is 3.17. The molecule has 2 aromatic heterocycles. The number of rotatable bonds is 4. The Bertz CT molecular complexity index is 1050.